The molecule has 19 heavy (non-hydrogen) atoms. The summed E-state index contributed by atoms with van der Waals surface area (Å²) in [4.78, 5) is 0.396. The van der Waals surface area contributed by atoms with Crippen molar-refractivity contribution in [3.05, 3.63) is 28.2 Å². The van der Waals surface area contributed by atoms with Gasteiger partial charge in [0.15, 0.2) is 0 Å². The van der Waals surface area contributed by atoms with Gasteiger partial charge in [-0.15, -0.1) is 0 Å². The standard InChI is InChI=1S/C15H20Br2O2/c1-2-7-19-14-4-3-12(10-13(14)16)15(17)11-5-8-18-9-6-11/h3-4,10-11,15H,2,5-9H2,1H3. The molecule has 1 aromatic carbocycles. The Morgan fingerprint density at radius 2 is 2.11 bits per heavy atom. The van der Waals surface area contributed by atoms with Crippen LogP contribution >= 0.6 is 31.9 Å². The Labute approximate surface area is 132 Å². The van der Waals surface area contributed by atoms with Crippen molar-refractivity contribution in [2.75, 3.05) is 19.8 Å². The molecule has 1 unspecified atom stereocenters. The zero-order valence-corrected chi connectivity index (χ0v) is 14.4. The highest BCUT2D eigenvalue weighted by atomic mass is 79.9. The Bertz CT molecular complexity index is 403. The Morgan fingerprint density at radius 3 is 2.74 bits per heavy atom. The molecule has 0 spiro atoms. The third-order valence-corrected chi connectivity index (χ3v) is 5.31. The molecule has 2 nitrogen and oxygen atoms in total. The van der Waals surface area contributed by atoms with E-state index in [1.54, 1.807) is 0 Å². The van der Waals surface area contributed by atoms with Crippen LogP contribution in [0.4, 0.5) is 0 Å². The normalized spacial score (nSPS) is 18.3. The van der Waals surface area contributed by atoms with Crippen molar-refractivity contribution in [1.29, 1.82) is 0 Å². The fourth-order valence-electron chi connectivity index (χ4n) is 2.30. The van der Waals surface area contributed by atoms with Gasteiger partial charge in [0.2, 0.25) is 0 Å². The number of hydrogen-bond donors (Lipinski definition) is 0. The van der Waals surface area contributed by atoms with Gasteiger partial charge in [-0.2, -0.15) is 0 Å². The molecule has 0 amide bonds. The second kappa shape index (κ2) is 7.65. The van der Waals surface area contributed by atoms with Crippen LogP contribution in [0.1, 0.15) is 36.6 Å². The predicted octanol–water partition coefficient (Wildman–Crippen LogP) is 5.10. The maximum Gasteiger partial charge on any atom is 0.133 e. The van der Waals surface area contributed by atoms with Gasteiger partial charge in [-0.1, -0.05) is 28.9 Å². The third-order valence-electron chi connectivity index (χ3n) is 3.42. The summed E-state index contributed by atoms with van der Waals surface area (Å²) in [5, 5.41) is 0. The quantitative estimate of drug-likeness (QED) is 0.650. The average molecular weight is 392 g/mol. The van der Waals surface area contributed by atoms with E-state index in [0.29, 0.717) is 10.7 Å². The Kier molecular flexibility index (Phi) is 6.17. The molecular formula is C15H20Br2O2. The molecule has 1 heterocycles. The van der Waals surface area contributed by atoms with E-state index in [0.717, 1.165) is 49.3 Å². The van der Waals surface area contributed by atoms with Crippen molar-refractivity contribution in [3.63, 3.8) is 0 Å². The highest BCUT2D eigenvalue weighted by Crippen LogP contribution is 2.39. The van der Waals surface area contributed by atoms with Crippen LogP contribution in [0.5, 0.6) is 5.75 Å². The first-order chi connectivity index (χ1) is 9.22. The van der Waals surface area contributed by atoms with E-state index >= 15 is 0 Å². The summed E-state index contributed by atoms with van der Waals surface area (Å²) in [6.07, 6.45) is 3.28. The van der Waals surface area contributed by atoms with Gasteiger partial charge in [-0.05, 0) is 58.8 Å². The Balaban J connectivity index is 2.05. The first kappa shape index (κ1) is 15.3. The molecule has 0 saturated carbocycles. The summed E-state index contributed by atoms with van der Waals surface area (Å²) in [5.74, 6) is 1.58. The summed E-state index contributed by atoms with van der Waals surface area (Å²) in [7, 11) is 0. The van der Waals surface area contributed by atoms with Crippen molar-refractivity contribution >= 4 is 31.9 Å². The smallest absolute Gasteiger partial charge is 0.133 e. The van der Waals surface area contributed by atoms with Gasteiger partial charge >= 0.3 is 0 Å². The maximum absolute atomic E-state index is 5.68. The van der Waals surface area contributed by atoms with Crippen LogP contribution in [-0.2, 0) is 4.74 Å². The SMILES string of the molecule is CCCOc1ccc(C(Br)C2CCOCC2)cc1Br. The van der Waals surface area contributed by atoms with Gasteiger partial charge in [-0.3, -0.25) is 0 Å². The van der Waals surface area contributed by atoms with Gasteiger partial charge in [-0.25, -0.2) is 0 Å². The third kappa shape index (κ3) is 4.20. The van der Waals surface area contributed by atoms with Crippen molar-refractivity contribution in [2.45, 2.75) is 31.0 Å². The summed E-state index contributed by atoms with van der Waals surface area (Å²) in [6.45, 7) is 4.63. The van der Waals surface area contributed by atoms with Crippen LogP contribution in [0.15, 0.2) is 22.7 Å². The van der Waals surface area contributed by atoms with Crippen LogP contribution in [0.25, 0.3) is 0 Å². The van der Waals surface area contributed by atoms with Crippen LogP contribution < -0.4 is 4.74 Å². The molecule has 1 fully saturated rings. The summed E-state index contributed by atoms with van der Waals surface area (Å²) < 4.78 is 12.1. The largest absolute Gasteiger partial charge is 0.492 e. The number of ether oxygens (including phenoxy) is 2. The minimum atomic E-state index is 0.396. The molecule has 1 saturated heterocycles. The molecule has 0 bridgehead atoms. The predicted molar refractivity (Wildman–Crippen MR) is 85.1 cm³/mol. The lowest BCUT2D eigenvalue weighted by Gasteiger charge is -2.27. The first-order valence-corrected chi connectivity index (χ1v) is 8.57. The molecule has 1 atom stereocenters. The molecule has 1 aromatic rings. The lowest BCUT2D eigenvalue weighted by Crippen LogP contribution is -2.19. The number of halogens is 2. The topological polar surface area (TPSA) is 18.5 Å². The van der Waals surface area contributed by atoms with Gasteiger partial charge in [0.05, 0.1) is 11.1 Å². The van der Waals surface area contributed by atoms with Crippen molar-refractivity contribution in [1.82, 2.24) is 0 Å². The lowest BCUT2D eigenvalue weighted by atomic mass is 9.92. The van der Waals surface area contributed by atoms with E-state index in [1.807, 2.05) is 0 Å². The number of hydrogen-bond acceptors (Lipinski definition) is 2. The van der Waals surface area contributed by atoms with Gasteiger partial charge in [0.25, 0.3) is 0 Å². The molecule has 0 radical (unpaired) electrons. The molecule has 2 rings (SSSR count). The molecule has 0 N–H and O–H groups in total. The molecule has 0 aliphatic carbocycles. The molecular weight excluding hydrogens is 372 g/mol. The second-order valence-electron chi connectivity index (χ2n) is 4.89. The highest BCUT2D eigenvalue weighted by molar-refractivity contribution is 9.10. The van der Waals surface area contributed by atoms with E-state index in [2.05, 4.69) is 57.0 Å². The summed E-state index contributed by atoms with van der Waals surface area (Å²) >= 11 is 7.44. The van der Waals surface area contributed by atoms with Crippen LogP contribution in [0.3, 0.4) is 0 Å². The molecule has 1 aliphatic heterocycles. The zero-order valence-electron chi connectivity index (χ0n) is 11.2. The van der Waals surface area contributed by atoms with E-state index < -0.39 is 0 Å². The van der Waals surface area contributed by atoms with E-state index in [1.165, 1.54) is 5.56 Å². The number of benzene rings is 1. The van der Waals surface area contributed by atoms with E-state index in [4.69, 9.17) is 9.47 Å². The fourth-order valence-corrected chi connectivity index (χ4v) is 3.62. The highest BCUT2D eigenvalue weighted by Gasteiger charge is 2.23. The van der Waals surface area contributed by atoms with Crippen molar-refractivity contribution in [2.24, 2.45) is 5.92 Å². The Hall–Kier alpha value is -0.0600. The fraction of sp³-hybridized carbons (Fsp3) is 0.600. The Morgan fingerprint density at radius 1 is 1.37 bits per heavy atom. The number of alkyl halides is 1. The van der Waals surface area contributed by atoms with E-state index in [-0.39, 0.29) is 0 Å². The minimum absolute atomic E-state index is 0.396. The van der Waals surface area contributed by atoms with Crippen LogP contribution in [-0.4, -0.2) is 19.8 Å². The van der Waals surface area contributed by atoms with Crippen molar-refractivity contribution in [3.8, 4) is 5.75 Å². The monoisotopic (exact) mass is 390 g/mol. The average Bonchev–Trinajstić information content (AvgIpc) is 2.46. The molecule has 0 aromatic heterocycles. The summed E-state index contributed by atoms with van der Waals surface area (Å²) in [6, 6.07) is 6.38. The first-order valence-electron chi connectivity index (χ1n) is 6.86. The van der Waals surface area contributed by atoms with E-state index in [9.17, 15) is 0 Å². The van der Waals surface area contributed by atoms with Crippen molar-refractivity contribution < 1.29 is 9.47 Å². The minimum Gasteiger partial charge on any atom is -0.492 e. The molecule has 106 valence electrons. The second-order valence-corrected chi connectivity index (χ2v) is 6.73. The molecule has 4 heteroatoms. The zero-order chi connectivity index (χ0) is 13.7. The number of rotatable bonds is 5. The van der Waals surface area contributed by atoms with Gasteiger partial charge in [0.1, 0.15) is 5.75 Å². The maximum atomic E-state index is 5.68. The summed E-state index contributed by atoms with van der Waals surface area (Å²) in [5.41, 5.74) is 1.31. The van der Waals surface area contributed by atoms with Crippen LogP contribution in [0.2, 0.25) is 0 Å². The van der Waals surface area contributed by atoms with Gasteiger partial charge in [0, 0.05) is 18.0 Å². The lowest BCUT2D eigenvalue weighted by molar-refractivity contribution is 0.0662. The molecule has 1 aliphatic rings. The van der Waals surface area contributed by atoms with Gasteiger partial charge < -0.3 is 9.47 Å². The van der Waals surface area contributed by atoms with Crippen LogP contribution in [0, 0.1) is 5.92 Å².